The van der Waals surface area contributed by atoms with Crippen molar-refractivity contribution in [1.82, 2.24) is 0 Å². The standard InChI is InChI=1S/C16H11ClF5NO2/c1-23(2)12-9-6-4-3-5-8(9)10(14(25)16(20,21)22)7-11(12)13(24)15(17,18)19/h3-7H,1-2H3. The van der Waals surface area contributed by atoms with Crippen LogP contribution in [0.15, 0.2) is 30.3 Å². The number of nitrogens with zero attached hydrogens (tertiary/aromatic N) is 1. The predicted molar refractivity (Wildman–Crippen MR) is 83.8 cm³/mol. The van der Waals surface area contributed by atoms with Crippen LogP contribution in [0, 0.1) is 0 Å². The second kappa shape index (κ2) is 6.25. The normalized spacial score (nSPS) is 12.3. The van der Waals surface area contributed by atoms with Crippen LogP contribution in [0.5, 0.6) is 0 Å². The van der Waals surface area contributed by atoms with E-state index in [0.29, 0.717) is 6.07 Å². The summed E-state index contributed by atoms with van der Waals surface area (Å²) in [6.07, 6.45) is -5.23. The highest BCUT2D eigenvalue weighted by Gasteiger charge is 2.43. The van der Waals surface area contributed by atoms with Crippen molar-refractivity contribution in [2.45, 2.75) is 11.6 Å². The Morgan fingerprint density at radius 3 is 1.88 bits per heavy atom. The van der Waals surface area contributed by atoms with Crippen LogP contribution in [-0.2, 0) is 0 Å². The van der Waals surface area contributed by atoms with Crippen LogP contribution in [-0.4, -0.2) is 37.2 Å². The van der Waals surface area contributed by atoms with E-state index < -0.39 is 34.3 Å². The Morgan fingerprint density at radius 2 is 1.44 bits per heavy atom. The minimum atomic E-state index is -5.23. The third-order valence-electron chi connectivity index (χ3n) is 3.47. The number of carbonyl (C=O) groups excluding carboxylic acids is 2. The molecule has 0 spiro atoms. The zero-order valence-corrected chi connectivity index (χ0v) is 13.7. The molecular weight excluding hydrogens is 369 g/mol. The smallest absolute Gasteiger partial charge is 0.377 e. The largest absolute Gasteiger partial charge is 0.454 e. The van der Waals surface area contributed by atoms with E-state index >= 15 is 0 Å². The molecule has 0 amide bonds. The van der Waals surface area contributed by atoms with Gasteiger partial charge in [0.05, 0.1) is 11.3 Å². The topological polar surface area (TPSA) is 37.4 Å². The molecule has 2 rings (SSSR count). The fraction of sp³-hybridized carbons (Fsp3) is 0.250. The first-order valence-corrected chi connectivity index (χ1v) is 7.19. The minimum Gasteiger partial charge on any atom is -0.377 e. The first-order chi connectivity index (χ1) is 11.4. The maximum atomic E-state index is 13.3. The number of hydrogen-bond acceptors (Lipinski definition) is 3. The molecule has 0 aliphatic heterocycles. The van der Waals surface area contributed by atoms with Crippen molar-refractivity contribution in [3.8, 4) is 0 Å². The molecule has 0 bridgehead atoms. The second-order valence-corrected chi connectivity index (χ2v) is 5.89. The van der Waals surface area contributed by atoms with E-state index in [9.17, 15) is 31.5 Å². The number of ketones is 2. The van der Waals surface area contributed by atoms with Crippen LogP contribution in [0.4, 0.5) is 27.6 Å². The molecule has 0 fully saturated rings. The van der Waals surface area contributed by atoms with E-state index in [2.05, 4.69) is 0 Å². The molecule has 0 N–H and O–H groups in total. The zero-order valence-electron chi connectivity index (χ0n) is 12.9. The van der Waals surface area contributed by atoms with Crippen LogP contribution < -0.4 is 4.90 Å². The lowest BCUT2D eigenvalue weighted by atomic mass is 9.93. The lowest BCUT2D eigenvalue weighted by molar-refractivity contribution is -0.0884. The highest BCUT2D eigenvalue weighted by Crippen LogP contribution is 2.38. The molecule has 0 atom stereocenters. The Labute approximate surface area is 144 Å². The van der Waals surface area contributed by atoms with Crippen molar-refractivity contribution in [2.75, 3.05) is 19.0 Å². The van der Waals surface area contributed by atoms with Crippen molar-refractivity contribution in [3.05, 3.63) is 41.5 Å². The van der Waals surface area contributed by atoms with Crippen molar-refractivity contribution in [3.63, 3.8) is 0 Å². The van der Waals surface area contributed by atoms with Gasteiger partial charge in [-0.25, -0.2) is 0 Å². The van der Waals surface area contributed by atoms with E-state index in [1.54, 1.807) is 0 Å². The summed E-state index contributed by atoms with van der Waals surface area (Å²) in [6.45, 7) is 0. The third-order valence-corrected chi connectivity index (χ3v) is 3.64. The summed E-state index contributed by atoms with van der Waals surface area (Å²) in [6, 6.07) is 5.94. The van der Waals surface area contributed by atoms with Gasteiger partial charge in [-0.2, -0.15) is 22.0 Å². The van der Waals surface area contributed by atoms with E-state index in [1.807, 2.05) is 0 Å². The number of halogens is 6. The monoisotopic (exact) mass is 379 g/mol. The molecule has 2 aromatic rings. The summed E-state index contributed by atoms with van der Waals surface area (Å²) < 4.78 is 65.2. The van der Waals surface area contributed by atoms with Crippen LogP contribution in [0.1, 0.15) is 20.7 Å². The van der Waals surface area contributed by atoms with Gasteiger partial charge in [-0.15, -0.1) is 0 Å². The highest BCUT2D eigenvalue weighted by atomic mass is 35.5. The van der Waals surface area contributed by atoms with E-state index in [0.717, 1.165) is 0 Å². The number of carbonyl (C=O) groups is 2. The number of anilines is 1. The summed E-state index contributed by atoms with van der Waals surface area (Å²) in [5.41, 5.74) is -1.71. The van der Waals surface area contributed by atoms with Gasteiger partial charge in [0.2, 0.25) is 5.78 Å². The van der Waals surface area contributed by atoms with Gasteiger partial charge >= 0.3 is 11.6 Å². The molecule has 0 aromatic heterocycles. The number of alkyl halides is 6. The van der Waals surface area contributed by atoms with Crippen LogP contribution in [0.2, 0.25) is 0 Å². The maximum absolute atomic E-state index is 13.3. The molecule has 0 aliphatic rings. The Kier molecular flexibility index (Phi) is 4.78. The van der Waals surface area contributed by atoms with Crippen LogP contribution in [0.25, 0.3) is 10.8 Å². The Morgan fingerprint density at radius 1 is 0.920 bits per heavy atom. The van der Waals surface area contributed by atoms with Crippen molar-refractivity contribution < 1.29 is 31.5 Å². The fourth-order valence-electron chi connectivity index (χ4n) is 2.51. The average molecular weight is 380 g/mol. The number of fused-ring (bicyclic) bond motifs is 1. The highest BCUT2D eigenvalue weighted by molar-refractivity contribution is 6.36. The van der Waals surface area contributed by atoms with Crippen LogP contribution >= 0.6 is 11.6 Å². The zero-order chi connectivity index (χ0) is 19.2. The average Bonchev–Trinajstić information content (AvgIpc) is 2.49. The third kappa shape index (κ3) is 3.58. The second-order valence-electron chi connectivity index (χ2n) is 5.41. The number of Topliss-reactive ketones (excluding diaryl/α,β-unsaturated/α-hetero) is 2. The van der Waals surface area contributed by atoms with Crippen molar-refractivity contribution in [1.29, 1.82) is 0 Å². The summed E-state index contributed by atoms with van der Waals surface area (Å²) in [5, 5.41) is -4.39. The molecule has 2 aromatic carbocycles. The summed E-state index contributed by atoms with van der Waals surface area (Å²) >= 11 is 4.76. The van der Waals surface area contributed by atoms with E-state index in [4.69, 9.17) is 11.6 Å². The van der Waals surface area contributed by atoms with Gasteiger partial charge in [0.15, 0.2) is 0 Å². The molecule has 0 unspecified atom stereocenters. The Balaban J connectivity index is 2.95. The number of rotatable bonds is 4. The van der Waals surface area contributed by atoms with Gasteiger partial charge in [-0.1, -0.05) is 24.3 Å². The summed E-state index contributed by atoms with van der Waals surface area (Å²) in [7, 11) is 2.85. The lowest BCUT2D eigenvalue weighted by Gasteiger charge is -2.22. The summed E-state index contributed by atoms with van der Waals surface area (Å²) in [4.78, 5) is 25.0. The minimum absolute atomic E-state index is 0.0480. The van der Waals surface area contributed by atoms with Crippen LogP contribution in [0.3, 0.4) is 0 Å². The van der Waals surface area contributed by atoms with Gasteiger partial charge in [-0.05, 0) is 23.1 Å². The van der Waals surface area contributed by atoms with Gasteiger partial charge < -0.3 is 4.90 Å². The molecule has 0 radical (unpaired) electrons. The molecule has 134 valence electrons. The SMILES string of the molecule is CN(C)c1c(C(=O)C(F)(F)Cl)cc(C(=O)C(F)(F)F)c2ccccc12. The molecule has 3 nitrogen and oxygen atoms in total. The van der Waals surface area contributed by atoms with Crippen molar-refractivity contribution in [2.24, 2.45) is 0 Å². The van der Waals surface area contributed by atoms with Gasteiger partial charge in [-0.3, -0.25) is 9.59 Å². The molecule has 0 aliphatic carbocycles. The van der Waals surface area contributed by atoms with E-state index in [1.165, 1.54) is 43.3 Å². The Bertz CT molecular complexity index is 856. The number of benzene rings is 2. The summed E-state index contributed by atoms with van der Waals surface area (Å²) in [5.74, 6) is -4.12. The lowest BCUT2D eigenvalue weighted by Crippen LogP contribution is -2.27. The number of hydrogen-bond donors (Lipinski definition) is 0. The van der Waals surface area contributed by atoms with Gasteiger partial charge in [0, 0.05) is 25.0 Å². The van der Waals surface area contributed by atoms with Crippen molar-refractivity contribution >= 4 is 39.6 Å². The predicted octanol–water partition coefficient (Wildman–Crippen LogP) is 4.67. The fourth-order valence-corrected chi connectivity index (χ4v) is 2.61. The van der Waals surface area contributed by atoms with Gasteiger partial charge in [0.25, 0.3) is 5.78 Å². The molecule has 0 heterocycles. The quantitative estimate of drug-likeness (QED) is 0.440. The van der Waals surface area contributed by atoms with Gasteiger partial charge in [0.1, 0.15) is 0 Å². The Hall–Kier alpha value is -2.22. The van der Waals surface area contributed by atoms with E-state index in [-0.39, 0.29) is 16.5 Å². The molecule has 0 saturated carbocycles. The first kappa shape index (κ1) is 19.1. The first-order valence-electron chi connectivity index (χ1n) is 6.81. The molecule has 25 heavy (non-hydrogen) atoms. The molecule has 9 heteroatoms. The molecular formula is C16H11ClF5NO2. The maximum Gasteiger partial charge on any atom is 0.454 e. The molecule has 0 saturated heterocycles.